The quantitative estimate of drug-likeness (QED) is 0.163. The fourth-order valence-corrected chi connectivity index (χ4v) is 8.75. The number of rotatable bonds is 8. The Balaban J connectivity index is 0.862. The highest BCUT2D eigenvalue weighted by Gasteiger charge is 2.37. The summed E-state index contributed by atoms with van der Waals surface area (Å²) in [4.78, 5) is 62.3. The summed E-state index contributed by atoms with van der Waals surface area (Å²) >= 11 is 0. The zero-order valence-corrected chi connectivity index (χ0v) is 31.4. The first-order chi connectivity index (χ1) is 27.2. The number of aryl methyl sites for hydroxylation is 1. The van der Waals surface area contributed by atoms with E-state index in [2.05, 4.69) is 25.5 Å². The van der Waals surface area contributed by atoms with Crippen molar-refractivity contribution in [1.82, 2.24) is 39.1 Å². The van der Waals surface area contributed by atoms with Crippen molar-refractivity contribution in [3.63, 3.8) is 0 Å². The van der Waals surface area contributed by atoms with E-state index in [1.165, 1.54) is 21.4 Å². The summed E-state index contributed by atoms with van der Waals surface area (Å²) in [5.74, 6) is -1.12. The van der Waals surface area contributed by atoms with E-state index in [1.54, 1.807) is 19.2 Å². The number of pyridine rings is 2. The standard InChI is InChI=1S/C39H42F4N10O4/c1-49(28-15-16-51(21-25(28)40)29-6-4-7-30-35(29)50(2)38(57)53(30)31-13-14-34(54)47-37(31)56)19-22-9-11-24(12-10-22)52-20-23-17-33(44-18-27(23)48-52)46-36(55)26-5-3-8-32(45-26)39(41,42)43/h3-8,17-18,20,22,24-25,28,31H,9-16,19,21H2,1-2H3,(H,46,55)(H,47,54,56)/t22?,24?,25-,28-,31?/m0/s1. The third-order valence-corrected chi connectivity index (χ3v) is 11.7. The molecule has 300 valence electrons. The Morgan fingerprint density at radius 2 is 1.81 bits per heavy atom. The normalized spacial score (nSPS) is 23.4. The maximum absolute atomic E-state index is 16.1. The summed E-state index contributed by atoms with van der Waals surface area (Å²) in [7, 11) is 3.63. The van der Waals surface area contributed by atoms with Crippen molar-refractivity contribution >= 4 is 51.2 Å². The van der Waals surface area contributed by atoms with Gasteiger partial charge in [-0.25, -0.2) is 19.2 Å². The summed E-state index contributed by atoms with van der Waals surface area (Å²) in [5.41, 5.74) is 0.663. The molecule has 3 amide bonds. The monoisotopic (exact) mass is 790 g/mol. The van der Waals surface area contributed by atoms with E-state index in [0.29, 0.717) is 35.4 Å². The summed E-state index contributed by atoms with van der Waals surface area (Å²) < 4.78 is 60.1. The van der Waals surface area contributed by atoms with Gasteiger partial charge in [0.1, 0.15) is 34.9 Å². The number of imide groups is 1. The molecule has 14 nitrogen and oxygen atoms in total. The number of hydrogen-bond acceptors (Lipinski definition) is 9. The maximum atomic E-state index is 16.1. The average Bonchev–Trinajstić information content (AvgIpc) is 3.72. The molecule has 0 spiro atoms. The fraction of sp³-hybridized carbons (Fsp3) is 0.462. The van der Waals surface area contributed by atoms with Crippen LogP contribution in [0, 0.1) is 5.92 Å². The summed E-state index contributed by atoms with van der Waals surface area (Å²) in [6.07, 6.45) is 2.20. The Hall–Kier alpha value is -5.65. The van der Waals surface area contributed by atoms with Gasteiger partial charge in [0.2, 0.25) is 11.8 Å². The van der Waals surface area contributed by atoms with E-state index in [-0.39, 0.29) is 54.6 Å². The van der Waals surface area contributed by atoms with E-state index in [0.717, 1.165) is 55.4 Å². The maximum Gasteiger partial charge on any atom is 0.433 e. The second kappa shape index (κ2) is 15.0. The van der Waals surface area contributed by atoms with Gasteiger partial charge in [0.05, 0.1) is 35.5 Å². The number of fused-ring (bicyclic) bond motifs is 2. The number of para-hydroxylation sites is 1. The number of anilines is 2. The zero-order chi connectivity index (χ0) is 40.2. The zero-order valence-electron chi connectivity index (χ0n) is 31.4. The lowest BCUT2D eigenvalue weighted by Gasteiger charge is -2.42. The van der Waals surface area contributed by atoms with Crippen molar-refractivity contribution in [1.29, 1.82) is 0 Å². The number of hydrogen-bond donors (Lipinski definition) is 2. The van der Waals surface area contributed by atoms with Crippen LogP contribution in [0.3, 0.4) is 0 Å². The number of carbonyl (C=O) groups is 3. The largest absolute Gasteiger partial charge is 0.433 e. The van der Waals surface area contributed by atoms with Crippen molar-refractivity contribution in [2.24, 2.45) is 13.0 Å². The van der Waals surface area contributed by atoms with Gasteiger partial charge in [-0.3, -0.25) is 33.5 Å². The van der Waals surface area contributed by atoms with Crippen LogP contribution in [0.4, 0.5) is 29.1 Å². The number of benzene rings is 1. The smallest absolute Gasteiger partial charge is 0.367 e. The van der Waals surface area contributed by atoms with Gasteiger partial charge < -0.3 is 15.1 Å². The number of carbonyl (C=O) groups excluding carboxylic acids is 3. The van der Waals surface area contributed by atoms with Gasteiger partial charge in [-0.1, -0.05) is 12.1 Å². The van der Waals surface area contributed by atoms with Crippen LogP contribution in [0.25, 0.3) is 21.9 Å². The van der Waals surface area contributed by atoms with Gasteiger partial charge in [-0.05, 0) is 81.8 Å². The summed E-state index contributed by atoms with van der Waals surface area (Å²) in [6.45, 7) is 1.51. The number of piperidine rings is 2. The van der Waals surface area contributed by atoms with Crippen molar-refractivity contribution in [2.45, 2.75) is 75.4 Å². The molecule has 1 unspecified atom stereocenters. The Bertz CT molecular complexity index is 2420. The number of aromatic nitrogens is 6. The van der Waals surface area contributed by atoms with E-state index in [9.17, 15) is 32.3 Å². The number of halogens is 4. The lowest BCUT2D eigenvalue weighted by atomic mass is 9.85. The molecule has 0 radical (unpaired) electrons. The predicted octanol–water partition coefficient (Wildman–Crippen LogP) is 5.01. The van der Waals surface area contributed by atoms with Crippen LogP contribution < -0.4 is 21.2 Å². The molecule has 1 aliphatic carbocycles. The number of imidazole rings is 1. The third kappa shape index (κ3) is 7.49. The van der Waals surface area contributed by atoms with Crippen LogP contribution in [0.2, 0.25) is 0 Å². The van der Waals surface area contributed by atoms with Crippen molar-refractivity contribution < 1.29 is 31.9 Å². The first-order valence-corrected chi connectivity index (χ1v) is 19.1. The SMILES string of the molecule is CN(CC1CCC(n2cc3cc(NC(=O)c4cccc(C(F)(F)F)n4)ncc3n2)CC1)[C@H]1CCN(c2cccc3c2n(C)c(=O)n3C2CCC(=O)NC2=O)C[C@@H]1F. The van der Waals surface area contributed by atoms with Crippen LogP contribution in [-0.2, 0) is 22.8 Å². The molecule has 2 saturated heterocycles. The van der Waals surface area contributed by atoms with Crippen molar-refractivity contribution in [3.05, 3.63) is 76.7 Å². The number of nitrogens with zero attached hydrogens (tertiary/aromatic N) is 8. The molecule has 1 aromatic carbocycles. The first-order valence-electron chi connectivity index (χ1n) is 19.1. The van der Waals surface area contributed by atoms with Crippen LogP contribution in [0.5, 0.6) is 0 Å². The molecule has 0 bridgehead atoms. The van der Waals surface area contributed by atoms with E-state index in [1.807, 2.05) is 35.0 Å². The highest BCUT2D eigenvalue weighted by Crippen LogP contribution is 2.36. The molecule has 3 fully saturated rings. The molecular formula is C39H42F4N10O4. The van der Waals surface area contributed by atoms with E-state index < -0.39 is 35.9 Å². The highest BCUT2D eigenvalue weighted by molar-refractivity contribution is 6.03. The molecule has 1 saturated carbocycles. The topological polar surface area (TPSA) is 152 Å². The highest BCUT2D eigenvalue weighted by atomic mass is 19.4. The molecule has 3 atom stereocenters. The van der Waals surface area contributed by atoms with E-state index in [4.69, 9.17) is 5.10 Å². The van der Waals surface area contributed by atoms with Gasteiger partial charge in [0.25, 0.3) is 5.91 Å². The molecule has 2 N–H and O–H groups in total. The molecular weight excluding hydrogens is 748 g/mol. The molecule has 4 aromatic heterocycles. The first kappa shape index (κ1) is 38.2. The van der Waals surface area contributed by atoms with Crippen molar-refractivity contribution in [2.75, 3.05) is 36.9 Å². The number of amides is 3. The Labute approximate surface area is 323 Å². The minimum absolute atomic E-state index is 0.145. The predicted molar refractivity (Wildman–Crippen MR) is 202 cm³/mol. The van der Waals surface area contributed by atoms with Gasteiger partial charge in [0.15, 0.2) is 0 Å². The molecule has 8 rings (SSSR count). The van der Waals surface area contributed by atoms with Gasteiger partial charge in [-0.15, -0.1) is 0 Å². The van der Waals surface area contributed by atoms with Crippen LogP contribution in [-0.4, -0.2) is 90.4 Å². The van der Waals surface area contributed by atoms with Crippen LogP contribution in [0.15, 0.2) is 59.7 Å². The van der Waals surface area contributed by atoms with E-state index >= 15 is 4.39 Å². The minimum atomic E-state index is -4.67. The van der Waals surface area contributed by atoms with Crippen LogP contribution in [0.1, 0.15) is 73.2 Å². The second-order valence-electron chi connectivity index (χ2n) is 15.4. The molecule has 6 heterocycles. The Morgan fingerprint density at radius 3 is 2.54 bits per heavy atom. The average molecular weight is 791 g/mol. The van der Waals surface area contributed by atoms with Gasteiger partial charge in [0, 0.05) is 44.2 Å². The summed E-state index contributed by atoms with van der Waals surface area (Å²) in [6, 6.07) is 9.32. The lowest BCUT2D eigenvalue weighted by Crippen LogP contribution is -2.52. The molecule has 5 aromatic rings. The van der Waals surface area contributed by atoms with Crippen molar-refractivity contribution in [3.8, 4) is 0 Å². The molecule has 2 aliphatic heterocycles. The Kier molecular flexibility index (Phi) is 10.1. The third-order valence-electron chi connectivity index (χ3n) is 11.7. The summed E-state index contributed by atoms with van der Waals surface area (Å²) in [5, 5.41) is 10.3. The minimum Gasteiger partial charge on any atom is -0.367 e. The number of alkyl halides is 4. The van der Waals surface area contributed by atoms with Gasteiger partial charge >= 0.3 is 11.9 Å². The van der Waals surface area contributed by atoms with Gasteiger partial charge in [-0.2, -0.15) is 18.3 Å². The number of nitrogens with one attached hydrogen (secondary N) is 2. The fourth-order valence-electron chi connectivity index (χ4n) is 8.75. The lowest BCUT2D eigenvalue weighted by molar-refractivity contribution is -0.141. The Morgan fingerprint density at radius 1 is 1.04 bits per heavy atom. The second-order valence-corrected chi connectivity index (χ2v) is 15.4. The molecule has 57 heavy (non-hydrogen) atoms. The van der Waals surface area contributed by atoms with Crippen LogP contribution >= 0.6 is 0 Å². The molecule has 3 aliphatic rings. The molecule has 18 heteroatoms.